The maximum atomic E-state index is 2.38. The third-order valence-electron chi connectivity index (χ3n) is 3.50. The fourth-order valence-corrected chi connectivity index (χ4v) is 2.39. The van der Waals surface area contributed by atoms with Crippen LogP contribution in [0.5, 0.6) is 0 Å². The molecule has 0 aromatic heterocycles. The minimum Gasteiger partial charge on any atom is -0.0696 e. The van der Waals surface area contributed by atoms with E-state index in [2.05, 4.69) is 43.3 Å². The number of allylic oxidation sites excluding steroid dienone is 1. The number of benzene rings is 1. The third-order valence-corrected chi connectivity index (χ3v) is 3.50. The van der Waals surface area contributed by atoms with Crippen molar-refractivity contribution in [3.05, 3.63) is 41.5 Å². The summed E-state index contributed by atoms with van der Waals surface area (Å²) in [5.41, 5.74) is 3.01. The molecule has 0 aliphatic heterocycles. The lowest BCUT2D eigenvalue weighted by molar-refractivity contribution is 0.399. The van der Waals surface area contributed by atoms with E-state index >= 15 is 0 Å². The monoisotopic (exact) mass is 200 g/mol. The Morgan fingerprint density at radius 1 is 1.13 bits per heavy atom. The van der Waals surface area contributed by atoms with Crippen LogP contribution in [0.1, 0.15) is 44.6 Å². The number of hydrogen-bond acceptors (Lipinski definition) is 0. The van der Waals surface area contributed by atoms with Crippen LogP contribution in [-0.4, -0.2) is 0 Å². The summed E-state index contributed by atoms with van der Waals surface area (Å²) in [5.74, 6) is 0.984. The lowest BCUT2D eigenvalue weighted by Crippen LogP contribution is -2.06. The predicted octanol–water partition coefficient (Wildman–Crippen LogP) is 4.67. The van der Waals surface area contributed by atoms with Gasteiger partial charge in [-0.15, -0.1) is 0 Å². The predicted molar refractivity (Wildman–Crippen MR) is 66.7 cm³/mol. The highest BCUT2D eigenvalue weighted by Gasteiger charge is 2.14. The Balaban J connectivity index is 1.98. The van der Waals surface area contributed by atoms with E-state index < -0.39 is 0 Å². The van der Waals surface area contributed by atoms with E-state index in [1.54, 1.807) is 5.57 Å². The lowest BCUT2D eigenvalue weighted by atomic mass is 9.84. The van der Waals surface area contributed by atoms with Crippen LogP contribution in [0.4, 0.5) is 0 Å². The molecular weight excluding hydrogens is 180 g/mol. The van der Waals surface area contributed by atoms with E-state index in [9.17, 15) is 0 Å². The fraction of sp³-hybridized carbons (Fsp3) is 0.467. The second-order valence-electron chi connectivity index (χ2n) is 4.56. The molecule has 1 saturated carbocycles. The molecule has 0 nitrogen and oxygen atoms in total. The molecule has 0 unspecified atom stereocenters. The highest BCUT2D eigenvalue weighted by molar-refractivity contribution is 5.52. The molecule has 0 heterocycles. The van der Waals surface area contributed by atoms with Crippen LogP contribution in [0.15, 0.2) is 35.9 Å². The Morgan fingerprint density at radius 3 is 2.40 bits per heavy atom. The van der Waals surface area contributed by atoms with Crippen LogP contribution < -0.4 is 0 Å². The van der Waals surface area contributed by atoms with Crippen LogP contribution in [0, 0.1) is 5.92 Å². The largest absolute Gasteiger partial charge is 0.0696 e. The standard InChI is InChI=1S/C15H20/c1-2-13-8-10-15(11-9-13)12-14-6-4-3-5-7-14/h3-7,12-13H,2,8-11H2,1H3. The van der Waals surface area contributed by atoms with Gasteiger partial charge in [-0.1, -0.05) is 55.3 Å². The molecule has 2 rings (SSSR count). The number of hydrogen-bond donors (Lipinski definition) is 0. The first-order valence-corrected chi connectivity index (χ1v) is 6.13. The molecule has 1 aromatic carbocycles. The van der Waals surface area contributed by atoms with Gasteiger partial charge in [-0.2, -0.15) is 0 Å². The van der Waals surface area contributed by atoms with E-state index in [1.165, 1.54) is 37.7 Å². The third kappa shape index (κ3) is 2.95. The molecule has 0 radical (unpaired) electrons. The van der Waals surface area contributed by atoms with Gasteiger partial charge in [0.05, 0.1) is 0 Å². The molecule has 0 spiro atoms. The molecule has 0 amide bonds. The van der Waals surface area contributed by atoms with Gasteiger partial charge in [-0.25, -0.2) is 0 Å². The summed E-state index contributed by atoms with van der Waals surface area (Å²) in [4.78, 5) is 0. The zero-order chi connectivity index (χ0) is 10.5. The van der Waals surface area contributed by atoms with Gasteiger partial charge in [-0.3, -0.25) is 0 Å². The summed E-state index contributed by atoms with van der Waals surface area (Å²) >= 11 is 0. The van der Waals surface area contributed by atoms with Gasteiger partial charge < -0.3 is 0 Å². The second-order valence-corrected chi connectivity index (χ2v) is 4.56. The average molecular weight is 200 g/mol. The molecule has 0 N–H and O–H groups in total. The Bertz CT molecular complexity index is 311. The van der Waals surface area contributed by atoms with Crippen molar-refractivity contribution in [2.24, 2.45) is 5.92 Å². The molecule has 1 fully saturated rings. The molecule has 0 saturated heterocycles. The van der Waals surface area contributed by atoms with E-state index in [-0.39, 0.29) is 0 Å². The van der Waals surface area contributed by atoms with Crippen LogP contribution in [0.3, 0.4) is 0 Å². The maximum Gasteiger partial charge on any atom is -0.0257 e. The maximum absolute atomic E-state index is 2.38. The zero-order valence-corrected chi connectivity index (χ0v) is 9.58. The molecule has 1 aromatic rings. The Hall–Kier alpha value is -1.04. The summed E-state index contributed by atoms with van der Waals surface area (Å²) in [7, 11) is 0. The molecule has 80 valence electrons. The fourth-order valence-electron chi connectivity index (χ4n) is 2.39. The first-order chi connectivity index (χ1) is 7.38. The molecular formula is C15H20. The average Bonchev–Trinajstić information content (AvgIpc) is 2.31. The minimum absolute atomic E-state index is 0.984. The van der Waals surface area contributed by atoms with Gasteiger partial charge >= 0.3 is 0 Å². The van der Waals surface area contributed by atoms with Crippen LogP contribution >= 0.6 is 0 Å². The van der Waals surface area contributed by atoms with E-state index in [1.807, 2.05) is 0 Å². The molecule has 0 bridgehead atoms. The lowest BCUT2D eigenvalue weighted by Gasteiger charge is -2.22. The van der Waals surface area contributed by atoms with Gasteiger partial charge in [0.25, 0.3) is 0 Å². The molecule has 1 aliphatic carbocycles. The first kappa shape index (κ1) is 10.5. The van der Waals surface area contributed by atoms with Gasteiger partial charge in [0.1, 0.15) is 0 Å². The van der Waals surface area contributed by atoms with E-state index in [0.29, 0.717) is 0 Å². The van der Waals surface area contributed by atoms with E-state index in [0.717, 1.165) is 5.92 Å². The molecule has 0 heteroatoms. The quantitative estimate of drug-likeness (QED) is 0.650. The van der Waals surface area contributed by atoms with Crippen molar-refractivity contribution in [2.75, 3.05) is 0 Å². The van der Waals surface area contributed by atoms with Crippen LogP contribution in [0.2, 0.25) is 0 Å². The summed E-state index contributed by atoms with van der Waals surface area (Å²) in [6, 6.07) is 10.7. The Morgan fingerprint density at radius 2 is 1.80 bits per heavy atom. The normalized spacial score (nSPS) is 21.4. The van der Waals surface area contributed by atoms with Crippen LogP contribution in [0.25, 0.3) is 6.08 Å². The summed E-state index contributed by atoms with van der Waals surface area (Å²) in [6.45, 7) is 2.32. The summed E-state index contributed by atoms with van der Waals surface area (Å²) in [5, 5.41) is 0. The smallest absolute Gasteiger partial charge is 0.0257 e. The van der Waals surface area contributed by atoms with Gasteiger partial charge in [0.15, 0.2) is 0 Å². The van der Waals surface area contributed by atoms with Crippen molar-refractivity contribution >= 4 is 6.08 Å². The van der Waals surface area contributed by atoms with Crippen molar-refractivity contribution < 1.29 is 0 Å². The summed E-state index contributed by atoms with van der Waals surface area (Å²) in [6.07, 6.45) is 9.16. The highest BCUT2D eigenvalue weighted by atomic mass is 14.2. The highest BCUT2D eigenvalue weighted by Crippen LogP contribution is 2.31. The SMILES string of the molecule is CCC1CCC(=Cc2ccccc2)CC1. The summed E-state index contributed by atoms with van der Waals surface area (Å²) < 4.78 is 0. The molecule has 0 atom stereocenters. The van der Waals surface area contributed by atoms with Crippen LogP contribution in [-0.2, 0) is 0 Å². The van der Waals surface area contributed by atoms with Gasteiger partial charge in [0.2, 0.25) is 0 Å². The van der Waals surface area contributed by atoms with Crippen molar-refractivity contribution in [3.63, 3.8) is 0 Å². The second kappa shape index (κ2) is 5.16. The first-order valence-electron chi connectivity index (χ1n) is 6.13. The van der Waals surface area contributed by atoms with E-state index in [4.69, 9.17) is 0 Å². The van der Waals surface area contributed by atoms with Gasteiger partial charge in [-0.05, 0) is 37.2 Å². The van der Waals surface area contributed by atoms with Crippen molar-refractivity contribution in [2.45, 2.75) is 39.0 Å². The number of rotatable bonds is 2. The zero-order valence-electron chi connectivity index (χ0n) is 9.58. The van der Waals surface area contributed by atoms with Crippen molar-refractivity contribution in [1.29, 1.82) is 0 Å². The van der Waals surface area contributed by atoms with Crippen molar-refractivity contribution in [1.82, 2.24) is 0 Å². The topological polar surface area (TPSA) is 0 Å². The molecule has 1 aliphatic rings. The Labute approximate surface area is 93.0 Å². The minimum atomic E-state index is 0.984. The van der Waals surface area contributed by atoms with Gasteiger partial charge in [0, 0.05) is 0 Å². The van der Waals surface area contributed by atoms with Crippen molar-refractivity contribution in [3.8, 4) is 0 Å². The molecule has 15 heavy (non-hydrogen) atoms. The Kier molecular flexibility index (Phi) is 3.60.